The maximum absolute atomic E-state index is 12.1. The second-order valence-electron chi connectivity index (χ2n) is 7.02. The van der Waals surface area contributed by atoms with Gasteiger partial charge in [0.1, 0.15) is 12.4 Å². The molecule has 7 heteroatoms. The fourth-order valence-corrected chi connectivity index (χ4v) is 4.62. The number of carbonyl (C=O) groups excluding carboxylic acids is 1. The summed E-state index contributed by atoms with van der Waals surface area (Å²) >= 11 is 3.33. The molecule has 4 rings (SSSR count). The highest BCUT2D eigenvalue weighted by atomic mass is 32.1. The van der Waals surface area contributed by atoms with Crippen molar-refractivity contribution < 1.29 is 9.53 Å². The quantitative estimate of drug-likeness (QED) is 0.274. The van der Waals surface area contributed by atoms with Crippen LogP contribution in [0.4, 0.5) is 0 Å². The molecule has 2 heterocycles. The molecule has 0 aliphatic carbocycles. The number of thiazole rings is 2. The van der Waals surface area contributed by atoms with Crippen molar-refractivity contribution in [3.05, 3.63) is 81.3 Å². The van der Waals surface area contributed by atoms with Crippen molar-refractivity contribution in [1.82, 2.24) is 15.3 Å². The highest BCUT2D eigenvalue weighted by Crippen LogP contribution is 2.22. The summed E-state index contributed by atoms with van der Waals surface area (Å²) in [5.74, 6) is 0.686. The topological polar surface area (TPSA) is 64.1 Å². The second-order valence-corrected chi connectivity index (χ2v) is 9.20. The molecule has 2 aromatic heterocycles. The Morgan fingerprint density at radius 1 is 1.13 bits per heavy atom. The van der Waals surface area contributed by atoms with Crippen LogP contribution in [-0.2, 0) is 17.8 Å². The number of rotatable bonds is 9. The summed E-state index contributed by atoms with van der Waals surface area (Å²) in [4.78, 5) is 21.1. The van der Waals surface area contributed by atoms with Crippen LogP contribution in [0.1, 0.15) is 27.7 Å². The largest absolute Gasteiger partial charge is 0.487 e. The number of nitrogens with zero attached hydrogens (tertiary/aromatic N) is 2. The van der Waals surface area contributed by atoms with E-state index in [1.165, 1.54) is 4.70 Å². The van der Waals surface area contributed by atoms with E-state index in [1.807, 2.05) is 54.8 Å². The van der Waals surface area contributed by atoms with E-state index in [0.29, 0.717) is 13.2 Å². The van der Waals surface area contributed by atoms with E-state index < -0.39 is 0 Å². The van der Waals surface area contributed by atoms with Crippen molar-refractivity contribution in [1.29, 1.82) is 0 Å². The number of carbonyl (C=O) groups is 1. The highest BCUT2D eigenvalue weighted by molar-refractivity contribution is 7.18. The molecule has 0 saturated carbocycles. The van der Waals surface area contributed by atoms with Crippen LogP contribution in [0.5, 0.6) is 5.75 Å². The van der Waals surface area contributed by atoms with Crippen LogP contribution in [0.3, 0.4) is 0 Å². The van der Waals surface area contributed by atoms with E-state index in [9.17, 15) is 4.79 Å². The minimum Gasteiger partial charge on any atom is -0.487 e. The number of nitrogens with one attached hydrogen (secondary N) is 1. The number of amides is 1. The van der Waals surface area contributed by atoms with Crippen molar-refractivity contribution in [3.63, 3.8) is 0 Å². The molecule has 4 aromatic rings. The van der Waals surface area contributed by atoms with Gasteiger partial charge in [0.2, 0.25) is 5.91 Å². The maximum atomic E-state index is 12.1. The van der Waals surface area contributed by atoms with E-state index in [1.54, 1.807) is 34.8 Å². The Hall–Kier alpha value is -3.03. The van der Waals surface area contributed by atoms with Gasteiger partial charge in [-0.25, -0.2) is 9.97 Å². The number of hydrogen-bond donors (Lipinski definition) is 1. The lowest BCUT2D eigenvalue weighted by Crippen LogP contribution is -2.22. The summed E-state index contributed by atoms with van der Waals surface area (Å²) < 4.78 is 6.95. The van der Waals surface area contributed by atoms with Gasteiger partial charge in [-0.3, -0.25) is 4.79 Å². The van der Waals surface area contributed by atoms with Crippen molar-refractivity contribution >= 4 is 44.9 Å². The van der Waals surface area contributed by atoms with Gasteiger partial charge in [-0.05, 0) is 49.2 Å². The summed E-state index contributed by atoms with van der Waals surface area (Å²) in [7, 11) is 0. The molecule has 2 aromatic carbocycles. The fourth-order valence-electron chi connectivity index (χ4n) is 3.02. The van der Waals surface area contributed by atoms with Gasteiger partial charge in [0, 0.05) is 24.4 Å². The van der Waals surface area contributed by atoms with Crippen LogP contribution in [0.2, 0.25) is 0 Å². The zero-order valence-corrected chi connectivity index (χ0v) is 18.8. The normalized spacial score (nSPS) is 11.3. The first-order chi connectivity index (χ1) is 15.2. The van der Waals surface area contributed by atoms with Crippen LogP contribution < -0.4 is 10.1 Å². The van der Waals surface area contributed by atoms with Crippen molar-refractivity contribution in [2.24, 2.45) is 0 Å². The van der Waals surface area contributed by atoms with Gasteiger partial charge in [0.25, 0.3) is 0 Å². The summed E-state index contributed by atoms with van der Waals surface area (Å²) in [5, 5.41) is 7.08. The molecule has 0 bridgehead atoms. The number of aromatic nitrogens is 2. The van der Waals surface area contributed by atoms with E-state index in [0.717, 1.165) is 45.4 Å². The van der Waals surface area contributed by atoms with Gasteiger partial charge in [-0.2, -0.15) is 0 Å². The first kappa shape index (κ1) is 21.2. The van der Waals surface area contributed by atoms with E-state index in [4.69, 9.17) is 4.74 Å². The molecule has 0 aliphatic rings. The molecule has 0 saturated heterocycles. The summed E-state index contributed by atoms with van der Waals surface area (Å²) in [6.45, 7) is 3.06. The maximum Gasteiger partial charge on any atom is 0.243 e. The number of fused-ring (bicyclic) bond motifs is 1. The average Bonchev–Trinajstić information content (AvgIpc) is 3.40. The number of aryl methyl sites for hydroxylation is 2. The summed E-state index contributed by atoms with van der Waals surface area (Å²) in [5.41, 5.74) is 2.93. The van der Waals surface area contributed by atoms with Gasteiger partial charge >= 0.3 is 0 Å². The third-order valence-electron chi connectivity index (χ3n) is 4.57. The first-order valence-corrected chi connectivity index (χ1v) is 11.8. The van der Waals surface area contributed by atoms with Crippen molar-refractivity contribution in [2.45, 2.75) is 26.4 Å². The standard InChI is InChI=1S/C24H23N3O2S2/c1-17-26-19(16-30-17)15-29-20-11-8-18(9-12-20)10-13-23(28)25-14-4-7-24-27-21-5-2-3-6-22(21)31-24/h2-3,5-6,8-13,16H,4,7,14-15H2,1H3,(H,25,28)/b13-10+. The highest BCUT2D eigenvalue weighted by Gasteiger charge is 2.03. The zero-order valence-electron chi connectivity index (χ0n) is 17.2. The second kappa shape index (κ2) is 10.3. The van der Waals surface area contributed by atoms with Crippen LogP contribution in [-0.4, -0.2) is 22.4 Å². The van der Waals surface area contributed by atoms with Crippen molar-refractivity contribution in [3.8, 4) is 5.75 Å². The Morgan fingerprint density at radius 2 is 1.97 bits per heavy atom. The minimum absolute atomic E-state index is 0.0940. The van der Waals surface area contributed by atoms with Gasteiger partial charge in [0.05, 0.1) is 25.9 Å². The smallest absolute Gasteiger partial charge is 0.243 e. The van der Waals surface area contributed by atoms with E-state index in [2.05, 4.69) is 21.4 Å². The summed E-state index contributed by atoms with van der Waals surface area (Å²) in [6, 6.07) is 15.8. The zero-order chi connectivity index (χ0) is 21.5. The molecule has 5 nitrogen and oxygen atoms in total. The third kappa shape index (κ3) is 6.23. The molecule has 158 valence electrons. The molecule has 0 unspecified atom stereocenters. The first-order valence-electron chi connectivity index (χ1n) is 10.1. The lowest BCUT2D eigenvalue weighted by Gasteiger charge is -2.04. The SMILES string of the molecule is Cc1nc(COc2ccc(/C=C/C(=O)NCCCc3nc4ccccc4s3)cc2)cs1. The Bertz CT molecular complexity index is 1150. The predicted octanol–water partition coefficient (Wildman–Crippen LogP) is 5.40. The number of benzene rings is 2. The lowest BCUT2D eigenvalue weighted by molar-refractivity contribution is -0.116. The molecule has 0 aliphatic heterocycles. The molecular formula is C24H23N3O2S2. The fraction of sp³-hybridized carbons (Fsp3) is 0.208. The summed E-state index contributed by atoms with van der Waals surface area (Å²) in [6.07, 6.45) is 5.09. The van der Waals surface area contributed by atoms with Gasteiger partial charge in [-0.15, -0.1) is 22.7 Å². The molecule has 1 N–H and O–H groups in total. The molecular weight excluding hydrogens is 426 g/mol. The molecule has 0 spiro atoms. The molecule has 0 fully saturated rings. The molecule has 0 radical (unpaired) electrons. The van der Waals surface area contributed by atoms with E-state index >= 15 is 0 Å². The van der Waals surface area contributed by atoms with Crippen LogP contribution >= 0.6 is 22.7 Å². The van der Waals surface area contributed by atoms with Gasteiger partial charge in [0.15, 0.2) is 0 Å². The molecule has 0 atom stereocenters. The third-order valence-corrected chi connectivity index (χ3v) is 6.48. The Morgan fingerprint density at radius 3 is 2.74 bits per heavy atom. The minimum atomic E-state index is -0.0940. The Labute approximate surface area is 189 Å². The monoisotopic (exact) mass is 449 g/mol. The Kier molecular flexibility index (Phi) is 7.07. The van der Waals surface area contributed by atoms with Gasteiger partial charge < -0.3 is 10.1 Å². The van der Waals surface area contributed by atoms with Crippen LogP contribution in [0, 0.1) is 6.92 Å². The molecule has 1 amide bonds. The average molecular weight is 450 g/mol. The van der Waals surface area contributed by atoms with Crippen molar-refractivity contribution in [2.75, 3.05) is 6.54 Å². The van der Waals surface area contributed by atoms with Crippen LogP contribution in [0.15, 0.2) is 60.0 Å². The Balaban J connectivity index is 1.18. The number of hydrogen-bond acceptors (Lipinski definition) is 6. The van der Waals surface area contributed by atoms with Gasteiger partial charge in [-0.1, -0.05) is 24.3 Å². The predicted molar refractivity (Wildman–Crippen MR) is 128 cm³/mol. The molecule has 31 heavy (non-hydrogen) atoms. The van der Waals surface area contributed by atoms with Crippen LogP contribution in [0.25, 0.3) is 16.3 Å². The van der Waals surface area contributed by atoms with E-state index in [-0.39, 0.29) is 5.91 Å². The number of ether oxygens (including phenoxy) is 1. The number of para-hydroxylation sites is 1. The lowest BCUT2D eigenvalue weighted by atomic mass is 10.2.